The SMILES string of the molecule is O=C(CNC(=O)c1cccc(Br)c1)Nc1cccc(CN2CCCC2)c1. The fourth-order valence-electron chi connectivity index (χ4n) is 3.04. The zero-order valence-corrected chi connectivity index (χ0v) is 16.1. The summed E-state index contributed by atoms with van der Waals surface area (Å²) in [5.41, 5.74) is 2.45. The lowest BCUT2D eigenvalue weighted by Crippen LogP contribution is -2.32. The van der Waals surface area contributed by atoms with Crippen LogP contribution in [-0.2, 0) is 11.3 Å². The largest absolute Gasteiger partial charge is 0.343 e. The highest BCUT2D eigenvalue weighted by Crippen LogP contribution is 2.16. The van der Waals surface area contributed by atoms with Gasteiger partial charge in [-0.2, -0.15) is 0 Å². The van der Waals surface area contributed by atoms with Gasteiger partial charge in [0.25, 0.3) is 5.91 Å². The molecule has 26 heavy (non-hydrogen) atoms. The van der Waals surface area contributed by atoms with E-state index in [2.05, 4.69) is 37.5 Å². The molecule has 2 aromatic carbocycles. The maximum atomic E-state index is 12.1. The number of anilines is 1. The Morgan fingerprint density at radius 3 is 2.58 bits per heavy atom. The number of nitrogens with zero attached hydrogens (tertiary/aromatic N) is 1. The van der Waals surface area contributed by atoms with E-state index < -0.39 is 0 Å². The minimum Gasteiger partial charge on any atom is -0.343 e. The molecular formula is C20H22BrN3O2. The van der Waals surface area contributed by atoms with Gasteiger partial charge in [0.2, 0.25) is 5.91 Å². The highest BCUT2D eigenvalue weighted by atomic mass is 79.9. The average Bonchev–Trinajstić information content (AvgIpc) is 3.13. The van der Waals surface area contributed by atoms with E-state index in [0.29, 0.717) is 5.56 Å². The summed E-state index contributed by atoms with van der Waals surface area (Å²) in [5.74, 6) is -0.518. The Balaban J connectivity index is 1.50. The molecule has 5 nitrogen and oxygen atoms in total. The standard InChI is InChI=1S/C20H22BrN3O2/c21-17-7-4-6-16(12-17)20(26)22-13-19(25)23-18-8-3-5-15(11-18)14-24-9-1-2-10-24/h3-8,11-12H,1-2,9-10,13-14H2,(H,22,26)(H,23,25). The third kappa shape index (κ3) is 5.41. The van der Waals surface area contributed by atoms with Crippen LogP contribution >= 0.6 is 15.9 Å². The molecule has 0 spiro atoms. The number of hydrogen-bond acceptors (Lipinski definition) is 3. The Bertz CT molecular complexity index is 788. The molecule has 0 bridgehead atoms. The number of amides is 2. The van der Waals surface area contributed by atoms with Gasteiger partial charge in [-0.15, -0.1) is 0 Å². The average molecular weight is 416 g/mol. The summed E-state index contributed by atoms with van der Waals surface area (Å²) in [6, 6.07) is 14.9. The number of rotatable bonds is 6. The van der Waals surface area contributed by atoms with Crippen molar-refractivity contribution in [2.75, 3.05) is 25.0 Å². The number of hydrogen-bond donors (Lipinski definition) is 2. The van der Waals surface area contributed by atoms with Gasteiger partial charge < -0.3 is 10.6 Å². The lowest BCUT2D eigenvalue weighted by molar-refractivity contribution is -0.115. The Hall–Kier alpha value is -2.18. The molecule has 2 aromatic rings. The first-order chi connectivity index (χ1) is 12.6. The van der Waals surface area contributed by atoms with E-state index in [1.165, 1.54) is 18.4 Å². The first-order valence-electron chi connectivity index (χ1n) is 8.75. The zero-order chi connectivity index (χ0) is 18.4. The van der Waals surface area contributed by atoms with Crippen molar-refractivity contribution in [1.29, 1.82) is 0 Å². The quantitative estimate of drug-likeness (QED) is 0.759. The molecule has 136 valence electrons. The Kier molecular flexibility index (Phi) is 6.41. The molecule has 0 aliphatic carbocycles. The van der Waals surface area contributed by atoms with Gasteiger partial charge in [0.1, 0.15) is 0 Å². The number of carbonyl (C=O) groups is 2. The summed E-state index contributed by atoms with van der Waals surface area (Å²) in [7, 11) is 0. The van der Waals surface area contributed by atoms with E-state index in [1.54, 1.807) is 18.2 Å². The predicted molar refractivity (Wildman–Crippen MR) is 106 cm³/mol. The summed E-state index contributed by atoms with van der Waals surface area (Å²) in [5, 5.41) is 5.48. The summed E-state index contributed by atoms with van der Waals surface area (Å²) < 4.78 is 0.824. The second kappa shape index (κ2) is 8.96. The van der Waals surface area contributed by atoms with Crippen LogP contribution in [0.25, 0.3) is 0 Å². The molecule has 6 heteroatoms. The minimum atomic E-state index is -0.274. The maximum absolute atomic E-state index is 12.1. The molecule has 1 saturated heterocycles. The van der Waals surface area contributed by atoms with Gasteiger partial charge in [0.05, 0.1) is 6.54 Å². The van der Waals surface area contributed by atoms with Gasteiger partial charge in [0.15, 0.2) is 0 Å². The third-order valence-corrected chi connectivity index (χ3v) is 4.81. The van der Waals surface area contributed by atoms with E-state index in [-0.39, 0.29) is 18.4 Å². The van der Waals surface area contributed by atoms with Crippen molar-refractivity contribution in [2.45, 2.75) is 19.4 Å². The predicted octanol–water partition coefficient (Wildman–Crippen LogP) is 3.41. The molecule has 0 aromatic heterocycles. The fraction of sp³-hybridized carbons (Fsp3) is 0.300. The lowest BCUT2D eigenvalue weighted by atomic mass is 10.2. The van der Waals surface area contributed by atoms with Crippen molar-refractivity contribution >= 4 is 33.4 Å². The smallest absolute Gasteiger partial charge is 0.251 e. The topological polar surface area (TPSA) is 61.4 Å². The van der Waals surface area contributed by atoms with Crippen LogP contribution in [0, 0.1) is 0 Å². The number of benzene rings is 2. The van der Waals surface area contributed by atoms with Gasteiger partial charge in [-0.1, -0.05) is 34.1 Å². The van der Waals surface area contributed by atoms with Crippen LogP contribution in [0.15, 0.2) is 53.0 Å². The van der Waals surface area contributed by atoms with E-state index in [4.69, 9.17) is 0 Å². The minimum absolute atomic E-state index is 0.0678. The van der Waals surface area contributed by atoms with E-state index >= 15 is 0 Å². The molecule has 2 amide bonds. The molecule has 0 atom stereocenters. The van der Waals surface area contributed by atoms with Crippen molar-refractivity contribution in [1.82, 2.24) is 10.2 Å². The Labute approximate surface area is 161 Å². The van der Waals surface area contributed by atoms with E-state index in [9.17, 15) is 9.59 Å². The molecule has 0 saturated carbocycles. The van der Waals surface area contributed by atoms with Gasteiger partial charge in [0, 0.05) is 22.3 Å². The molecule has 1 aliphatic rings. The number of halogens is 1. The second-order valence-corrected chi connectivity index (χ2v) is 7.34. The number of likely N-dealkylation sites (tertiary alicyclic amines) is 1. The normalized spacial score (nSPS) is 14.2. The first-order valence-corrected chi connectivity index (χ1v) is 9.54. The summed E-state index contributed by atoms with van der Waals surface area (Å²) in [4.78, 5) is 26.6. The van der Waals surface area contributed by atoms with E-state index in [0.717, 1.165) is 29.8 Å². The Morgan fingerprint density at radius 2 is 1.81 bits per heavy atom. The van der Waals surface area contributed by atoms with Crippen LogP contribution in [0.5, 0.6) is 0 Å². The fourth-order valence-corrected chi connectivity index (χ4v) is 3.44. The van der Waals surface area contributed by atoms with Crippen LogP contribution in [0.3, 0.4) is 0 Å². The van der Waals surface area contributed by atoms with Gasteiger partial charge in [-0.05, 0) is 61.8 Å². The second-order valence-electron chi connectivity index (χ2n) is 6.42. The molecule has 1 heterocycles. The van der Waals surface area contributed by atoms with Crippen molar-refractivity contribution < 1.29 is 9.59 Å². The molecular weight excluding hydrogens is 394 g/mol. The Morgan fingerprint density at radius 1 is 1.04 bits per heavy atom. The van der Waals surface area contributed by atoms with Gasteiger partial charge >= 0.3 is 0 Å². The van der Waals surface area contributed by atoms with Crippen LogP contribution in [-0.4, -0.2) is 36.3 Å². The van der Waals surface area contributed by atoms with Crippen LogP contribution in [0.4, 0.5) is 5.69 Å². The van der Waals surface area contributed by atoms with Crippen LogP contribution in [0.1, 0.15) is 28.8 Å². The van der Waals surface area contributed by atoms with Crippen molar-refractivity contribution in [2.24, 2.45) is 0 Å². The molecule has 0 radical (unpaired) electrons. The van der Waals surface area contributed by atoms with Crippen LogP contribution in [0.2, 0.25) is 0 Å². The molecule has 1 aliphatic heterocycles. The zero-order valence-electron chi connectivity index (χ0n) is 14.5. The summed E-state index contributed by atoms with van der Waals surface area (Å²) >= 11 is 3.33. The molecule has 0 unspecified atom stereocenters. The maximum Gasteiger partial charge on any atom is 0.251 e. The molecule has 2 N–H and O–H groups in total. The van der Waals surface area contributed by atoms with Gasteiger partial charge in [-0.25, -0.2) is 0 Å². The van der Waals surface area contributed by atoms with Crippen LogP contribution < -0.4 is 10.6 Å². The number of nitrogens with one attached hydrogen (secondary N) is 2. The number of carbonyl (C=O) groups excluding carboxylic acids is 2. The molecule has 3 rings (SSSR count). The molecule has 1 fully saturated rings. The highest BCUT2D eigenvalue weighted by Gasteiger charge is 2.12. The first kappa shape index (κ1) is 18.6. The van der Waals surface area contributed by atoms with E-state index in [1.807, 2.05) is 24.3 Å². The van der Waals surface area contributed by atoms with Crippen molar-refractivity contribution in [3.05, 3.63) is 64.1 Å². The van der Waals surface area contributed by atoms with Crippen molar-refractivity contribution in [3.63, 3.8) is 0 Å². The summed E-state index contributed by atoms with van der Waals surface area (Å²) in [6.45, 7) is 3.11. The van der Waals surface area contributed by atoms with Crippen molar-refractivity contribution in [3.8, 4) is 0 Å². The lowest BCUT2D eigenvalue weighted by Gasteiger charge is -2.15. The van der Waals surface area contributed by atoms with Gasteiger partial charge in [-0.3, -0.25) is 14.5 Å². The third-order valence-electron chi connectivity index (χ3n) is 4.31. The summed E-state index contributed by atoms with van der Waals surface area (Å²) in [6.07, 6.45) is 2.52. The monoisotopic (exact) mass is 415 g/mol. The highest BCUT2D eigenvalue weighted by molar-refractivity contribution is 9.10.